The van der Waals surface area contributed by atoms with Gasteiger partial charge in [-0.1, -0.05) is 6.42 Å². The van der Waals surface area contributed by atoms with Gasteiger partial charge in [0, 0.05) is 19.2 Å². The summed E-state index contributed by atoms with van der Waals surface area (Å²) >= 11 is 0. The molecule has 0 aromatic rings. The quantitative estimate of drug-likeness (QED) is 0.767. The summed E-state index contributed by atoms with van der Waals surface area (Å²) in [5, 5.41) is 3.77. The first-order valence-electron chi connectivity index (χ1n) is 6.65. The van der Waals surface area contributed by atoms with E-state index in [1.54, 1.807) is 0 Å². The summed E-state index contributed by atoms with van der Waals surface area (Å²) in [4.78, 5) is 0. The SMILES string of the molecule is CC1OCCC1NCC1(C2CC2)CCC1. The lowest BCUT2D eigenvalue weighted by atomic mass is 9.65. The van der Waals surface area contributed by atoms with Crippen molar-refractivity contribution in [3.63, 3.8) is 0 Å². The van der Waals surface area contributed by atoms with Crippen LogP contribution in [0.2, 0.25) is 0 Å². The molecule has 1 N–H and O–H groups in total. The van der Waals surface area contributed by atoms with Crippen molar-refractivity contribution in [3.8, 4) is 0 Å². The minimum absolute atomic E-state index is 0.432. The van der Waals surface area contributed by atoms with Crippen molar-refractivity contribution >= 4 is 0 Å². The third-order valence-corrected chi connectivity index (χ3v) is 4.89. The molecule has 2 atom stereocenters. The predicted octanol–water partition coefficient (Wildman–Crippen LogP) is 2.33. The second kappa shape index (κ2) is 3.74. The molecule has 2 aliphatic carbocycles. The molecule has 0 aromatic heterocycles. The summed E-state index contributed by atoms with van der Waals surface area (Å²) in [7, 11) is 0. The molecular weight excluding hydrogens is 186 g/mol. The van der Waals surface area contributed by atoms with Crippen molar-refractivity contribution in [2.75, 3.05) is 13.2 Å². The van der Waals surface area contributed by atoms with E-state index in [1.807, 2.05) is 0 Å². The molecule has 2 heteroatoms. The van der Waals surface area contributed by atoms with Gasteiger partial charge >= 0.3 is 0 Å². The first kappa shape index (κ1) is 10.1. The second-order valence-electron chi connectivity index (χ2n) is 5.84. The van der Waals surface area contributed by atoms with Crippen LogP contribution in [0.1, 0.15) is 45.4 Å². The highest BCUT2D eigenvalue weighted by molar-refractivity contribution is 5.01. The highest BCUT2D eigenvalue weighted by Crippen LogP contribution is 2.56. The number of hydrogen-bond acceptors (Lipinski definition) is 2. The largest absolute Gasteiger partial charge is 0.377 e. The van der Waals surface area contributed by atoms with Gasteiger partial charge in [0.25, 0.3) is 0 Å². The van der Waals surface area contributed by atoms with E-state index in [1.165, 1.54) is 45.1 Å². The Morgan fingerprint density at radius 2 is 2.07 bits per heavy atom. The minimum Gasteiger partial charge on any atom is -0.377 e. The summed E-state index contributed by atoms with van der Waals surface area (Å²) in [6, 6.07) is 0.626. The van der Waals surface area contributed by atoms with Gasteiger partial charge in [-0.2, -0.15) is 0 Å². The van der Waals surface area contributed by atoms with Crippen LogP contribution >= 0.6 is 0 Å². The standard InChI is InChI=1S/C13H23NO/c1-10-12(5-8-15-10)14-9-13(6-2-7-13)11-3-4-11/h10-12,14H,2-9H2,1H3. The smallest absolute Gasteiger partial charge is 0.0700 e. The average molecular weight is 209 g/mol. The predicted molar refractivity (Wildman–Crippen MR) is 60.8 cm³/mol. The van der Waals surface area contributed by atoms with E-state index in [4.69, 9.17) is 4.74 Å². The monoisotopic (exact) mass is 209 g/mol. The number of ether oxygens (including phenoxy) is 1. The molecule has 3 rings (SSSR count). The molecule has 0 bridgehead atoms. The van der Waals surface area contributed by atoms with Crippen LogP contribution < -0.4 is 5.32 Å². The fraction of sp³-hybridized carbons (Fsp3) is 1.00. The average Bonchev–Trinajstić information content (AvgIpc) is 2.91. The first-order chi connectivity index (χ1) is 7.30. The van der Waals surface area contributed by atoms with Crippen LogP contribution in [-0.4, -0.2) is 25.3 Å². The fourth-order valence-corrected chi connectivity index (χ4v) is 3.39. The van der Waals surface area contributed by atoms with Crippen LogP contribution in [0.15, 0.2) is 0 Å². The Kier molecular flexibility index (Phi) is 2.52. The topological polar surface area (TPSA) is 21.3 Å². The third-order valence-electron chi connectivity index (χ3n) is 4.89. The minimum atomic E-state index is 0.432. The van der Waals surface area contributed by atoms with E-state index in [2.05, 4.69) is 12.2 Å². The Bertz CT molecular complexity index is 233. The molecule has 0 aromatic carbocycles. The number of hydrogen-bond donors (Lipinski definition) is 1. The Morgan fingerprint density at radius 1 is 1.27 bits per heavy atom. The van der Waals surface area contributed by atoms with Gasteiger partial charge in [0.05, 0.1) is 6.10 Å². The summed E-state index contributed by atoms with van der Waals surface area (Å²) in [6.07, 6.45) is 9.06. The molecule has 0 amide bonds. The first-order valence-corrected chi connectivity index (χ1v) is 6.65. The maximum Gasteiger partial charge on any atom is 0.0700 e. The van der Waals surface area contributed by atoms with Crippen LogP contribution in [0.25, 0.3) is 0 Å². The van der Waals surface area contributed by atoms with Crippen LogP contribution in [0.3, 0.4) is 0 Å². The van der Waals surface area contributed by atoms with Crippen molar-refractivity contribution in [1.29, 1.82) is 0 Å². The fourth-order valence-electron chi connectivity index (χ4n) is 3.39. The van der Waals surface area contributed by atoms with E-state index in [-0.39, 0.29) is 0 Å². The molecule has 2 nitrogen and oxygen atoms in total. The Balaban J connectivity index is 1.51. The van der Waals surface area contributed by atoms with Crippen LogP contribution in [0.5, 0.6) is 0 Å². The molecule has 0 radical (unpaired) electrons. The molecule has 1 saturated heterocycles. The van der Waals surface area contributed by atoms with E-state index < -0.39 is 0 Å². The molecule has 2 saturated carbocycles. The molecular formula is C13H23NO. The molecule has 1 heterocycles. The van der Waals surface area contributed by atoms with Crippen molar-refractivity contribution in [3.05, 3.63) is 0 Å². The molecule has 0 spiro atoms. The lowest BCUT2D eigenvalue weighted by Gasteiger charge is -2.43. The van der Waals surface area contributed by atoms with E-state index >= 15 is 0 Å². The van der Waals surface area contributed by atoms with Gasteiger partial charge in [0.1, 0.15) is 0 Å². The zero-order valence-corrected chi connectivity index (χ0v) is 9.80. The molecule has 3 fully saturated rings. The van der Waals surface area contributed by atoms with Crippen molar-refractivity contribution in [2.45, 2.75) is 57.6 Å². The van der Waals surface area contributed by atoms with Crippen LogP contribution in [0, 0.1) is 11.3 Å². The van der Waals surface area contributed by atoms with Gasteiger partial charge in [-0.05, 0) is 50.4 Å². The molecule has 1 aliphatic heterocycles. The summed E-state index contributed by atoms with van der Waals surface area (Å²) in [6.45, 7) is 4.42. The Labute approximate surface area is 92.8 Å². The third kappa shape index (κ3) is 1.83. The van der Waals surface area contributed by atoms with Crippen LogP contribution in [0.4, 0.5) is 0 Å². The highest BCUT2D eigenvalue weighted by Gasteiger charge is 2.48. The van der Waals surface area contributed by atoms with E-state index in [9.17, 15) is 0 Å². The highest BCUT2D eigenvalue weighted by atomic mass is 16.5. The van der Waals surface area contributed by atoms with Crippen molar-refractivity contribution in [2.24, 2.45) is 11.3 Å². The van der Waals surface area contributed by atoms with Gasteiger partial charge in [0.2, 0.25) is 0 Å². The van der Waals surface area contributed by atoms with Gasteiger partial charge in [-0.15, -0.1) is 0 Å². The lowest BCUT2D eigenvalue weighted by molar-refractivity contribution is 0.0793. The van der Waals surface area contributed by atoms with E-state index in [0.717, 1.165) is 12.5 Å². The zero-order valence-electron chi connectivity index (χ0n) is 9.80. The van der Waals surface area contributed by atoms with Crippen LogP contribution in [-0.2, 0) is 4.74 Å². The molecule has 2 unspecified atom stereocenters. The maximum atomic E-state index is 5.60. The van der Waals surface area contributed by atoms with Crippen molar-refractivity contribution in [1.82, 2.24) is 5.32 Å². The number of rotatable bonds is 4. The molecule has 3 aliphatic rings. The summed E-state index contributed by atoms with van der Waals surface area (Å²) in [5.41, 5.74) is 0.711. The normalized spacial score (nSPS) is 39.0. The van der Waals surface area contributed by atoms with Gasteiger partial charge in [-0.25, -0.2) is 0 Å². The van der Waals surface area contributed by atoms with Gasteiger partial charge in [-0.3, -0.25) is 0 Å². The lowest BCUT2D eigenvalue weighted by Crippen LogP contribution is -2.46. The second-order valence-corrected chi connectivity index (χ2v) is 5.84. The molecule has 86 valence electrons. The van der Waals surface area contributed by atoms with Gasteiger partial charge < -0.3 is 10.1 Å². The molecule has 15 heavy (non-hydrogen) atoms. The summed E-state index contributed by atoms with van der Waals surface area (Å²) < 4.78 is 5.60. The Hall–Kier alpha value is -0.0800. The maximum absolute atomic E-state index is 5.60. The van der Waals surface area contributed by atoms with E-state index in [0.29, 0.717) is 17.6 Å². The zero-order chi connectivity index (χ0) is 10.3. The number of nitrogens with one attached hydrogen (secondary N) is 1. The summed E-state index contributed by atoms with van der Waals surface area (Å²) in [5.74, 6) is 1.07. The van der Waals surface area contributed by atoms with Crippen molar-refractivity contribution < 1.29 is 4.74 Å². The Morgan fingerprint density at radius 3 is 2.53 bits per heavy atom. The van der Waals surface area contributed by atoms with Gasteiger partial charge in [0.15, 0.2) is 0 Å².